The van der Waals surface area contributed by atoms with Gasteiger partial charge in [0.1, 0.15) is 11.8 Å². The molecule has 146 valence electrons. The van der Waals surface area contributed by atoms with E-state index in [1.807, 2.05) is 30.3 Å². The summed E-state index contributed by atoms with van der Waals surface area (Å²) in [5, 5.41) is 12.1. The lowest BCUT2D eigenvalue weighted by Gasteiger charge is -2.13. The normalized spacial score (nSPS) is 10.2. The predicted molar refractivity (Wildman–Crippen MR) is 106 cm³/mol. The molecule has 29 heavy (non-hydrogen) atoms. The Bertz CT molecular complexity index is 1220. The van der Waals surface area contributed by atoms with Crippen molar-refractivity contribution in [2.75, 3.05) is 0 Å². The lowest BCUT2D eigenvalue weighted by molar-refractivity contribution is 0.0950. The van der Waals surface area contributed by atoms with Crippen molar-refractivity contribution >= 4 is 5.91 Å². The number of nitrogens with zero attached hydrogens (tertiary/aromatic N) is 3. The summed E-state index contributed by atoms with van der Waals surface area (Å²) in [7, 11) is 2.68. The molecule has 1 amide bonds. The van der Waals surface area contributed by atoms with Crippen LogP contribution in [0.3, 0.4) is 0 Å². The predicted octanol–water partition coefficient (Wildman–Crippen LogP) is 1.68. The topological polar surface area (TPSA) is 106 Å². The van der Waals surface area contributed by atoms with Crippen LogP contribution in [-0.4, -0.2) is 15.0 Å². The number of aromatic nitrogens is 2. The molecular formula is C21H18N4O4. The van der Waals surface area contributed by atoms with Crippen molar-refractivity contribution in [1.29, 1.82) is 5.26 Å². The monoisotopic (exact) mass is 390 g/mol. The minimum absolute atomic E-state index is 0.178. The van der Waals surface area contributed by atoms with Crippen LogP contribution in [0.4, 0.5) is 0 Å². The van der Waals surface area contributed by atoms with Crippen molar-refractivity contribution in [1.82, 2.24) is 14.5 Å². The molecule has 8 nitrogen and oxygen atoms in total. The zero-order chi connectivity index (χ0) is 21.0. The van der Waals surface area contributed by atoms with E-state index in [2.05, 4.69) is 5.32 Å². The van der Waals surface area contributed by atoms with Gasteiger partial charge in [0.15, 0.2) is 5.56 Å². The second-order valence-electron chi connectivity index (χ2n) is 6.30. The highest BCUT2D eigenvalue weighted by molar-refractivity contribution is 5.94. The third kappa shape index (κ3) is 4.09. The molecule has 1 N–H and O–H groups in total. The van der Waals surface area contributed by atoms with Gasteiger partial charge in [-0.2, -0.15) is 5.26 Å². The van der Waals surface area contributed by atoms with Crippen LogP contribution in [0.5, 0.6) is 11.6 Å². The summed E-state index contributed by atoms with van der Waals surface area (Å²) in [4.78, 5) is 36.7. The highest BCUT2D eigenvalue weighted by Gasteiger charge is 2.18. The smallest absolute Gasteiger partial charge is 0.333 e. The van der Waals surface area contributed by atoms with E-state index in [0.29, 0.717) is 12.1 Å². The lowest BCUT2D eigenvalue weighted by atomic mass is 10.2. The summed E-state index contributed by atoms with van der Waals surface area (Å²) in [5.74, 6) is -0.266. The van der Waals surface area contributed by atoms with Crippen LogP contribution in [0.15, 0.2) is 64.2 Å². The minimum atomic E-state index is -0.748. The molecule has 3 aromatic rings. The molecule has 0 saturated heterocycles. The maximum absolute atomic E-state index is 12.4. The fourth-order valence-corrected chi connectivity index (χ4v) is 2.73. The van der Waals surface area contributed by atoms with Crippen LogP contribution in [0.25, 0.3) is 0 Å². The fourth-order valence-electron chi connectivity index (χ4n) is 2.73. The third-order valence-corrected chi connectivity index (χ3v) is 4.33. The summed E-state index contributed by atoms with van der Waals surface area (Å²) >= 11 is 0. The van der Waals surface area contributed by atoms with Gasteiger partial charge in [0.25, 0.3) is 11.5 Å². The Kier molecular flexibility index (Phi) is 5.60. The van der Waals surface area contributed by atoms with Gasteiger partial charge in [-0.05, 0) is 23.8 Å². The molecule has 0 fully saturated rings. The molecule has 3 rings (SSSR count). The van der Waals surface area contributed by atoms with Gasteiger partial charge in [-0.25, -0.2) is 4.79 Å². The highest BCUT2D eigenvalue weighted by atomic mass is 16.5. The van der Waals surface area contributed by atoms with E-state index in [4.69, 9.17) is 4.74 Å². The Hall–Kier alpha value is -4.12. The molecule has 1 heterocycles. The van der Waals surface area contributed by atoms with Gasteiger partial charge in [0.2, 0.25) is 5.88 Å². The number of amides is 1. The van der Waals surface area contributed by atoms with Gasteiger partial charge in [0.05, 0.1) is 0 Å². The Balaban J connectivity index is 1.86. The third-order valence-electron chi connectivity index (χ3n) is 4.33. The number of hydrogen-bond donors (Lipinski definition) is 1. The van der Waals surface area contributed by atoms with Crippen molar-refractivity contribution in [3.8, 4) is 17.7 Å². The molecule has 0 aliphatic rings. The summed E-state index contributed by atoms with van der Waals surface area (Å²) in [5.41, 5.74) is -0.371. The van der Waals surface area contributed by atoms with E-state index in [0.717, 1.165) is 14.7 Å². The van der Waals surface area contributed by atoms with E-state index in [1.165, 1.54) is 20.2 Å². The second kappa shape index (κ2) is 8.27. The van der Waals surface area contributed by atoms with E-state index in [9.17, 15) is 19.6 Å². The van der Waals surface area contributed by atoms with Crippen LogP contribution in [-0.2, 0) is 20.6 Å². The average molecular weight is 390 g/mol. The van der Waals surface area contributed by atoms with Crippen molar-refractivity contribution < 1.29 is 9.53 Å². The number of carbonyl (C=O) groups is 1. The zero-order valence-corrected chi connectivity index (χ0v) is 15.9. The molecule has 0 spiro atoms. The number of nitrogens with one attached hydrogen (secondary N) is 1. The Morgan fingerprint density at radius 2 is 1.79 bits per heavy atom. The molecule has 0 aliphatic carbocycles. The van der Waals surface area contributed by atoms with E-state index >= 15 is 0 Å². The van der Waals surface area contributed by atoms with E-state index < -0.39 is 11.2 Å². The number of carbonyl (C=O) groups excluding carboxylic acids is 1. The van der Waals surface area contributed by atoms with Gasteiger partial charge in [-0.15, -0.1) is 0 Å². The Morgan fingerprint density at radius 3 is 2.48 bits per heavy atom. The van der Waals surface area contributed by atoms with Crippen molar-refractivity contribution in [2.24, 2.45) is 14.1 Å². The molecular weight excluding hydrogens is 372 g/mol. The molecule has 0 bridgehead atoms. The van der Waals surface area contributed by atoms with E-state index in [-0.39, 0.29) is 23.1 Å². The number of hydrogen-bond acceptors (Lipinski definition) is 5. The first-order valence-corrected chi connectivity index (χ1v) is 8.72. The standard InChI is InChI=1S/C21H18N4O4/c1-24-19(27)17(12-22)20(25(2)21(24)28)29-16-10-6-9-15(11-16)18(26)23-13-14-7-4-3-5-8-14/h3-11H,13H2,1-2H3,(H,23,26). The van der Waals surface area contributed by atoms with Gasteiger partial charge in [0, 0.05) is 26.2 Å². The molecule has 1 aromatic heterocycles. The largest absolute Gasteiger partial charge is 0.439 e. The SMILES string of the molecule is Cn1c(Oc2cccc(C(=O)NCc3ccccc3)c2)c(C#N)c(=O)n(C)c1=O. The summed E-state index contributed by atoms with van der Waals surface area (Å²) in [6.07, 6.45) is 0. The lowest BCUT2D eigenvalue weighted by Crippen LogP contribution is -2.38. The summed E-state index contributed by atoms with van der Waals surface area (Å²) in [6, 6.07) is 17.5. The molecule has 8 heteroatoms. The first-order valence-electron chi connectivity index (χ1n) is 8.72. The van der Waals surface area contributed by atoms with Crippen molar-refractivity contribution in [2.45, 2.75) is 6.54 Å². The first kappa shape index (κ1) is 19.6. The van der Waals surface area contributed by atoms with Gasteiger partial charge in [-0.1, -0.05) is 36.4 Å². The summed E-state index contributed by atoms with van der Waals surface area (Å²) in [6.45, 7) is 0.368. The molecule has 0 radical (unpaired) electrons. The average Bonchev–Trinajstić information content (AvgIpc) is 2.75. The van der Waals surface area contributed by atoms with Crippen LogP contribution >= 0.6 is 0 Å². The molecule has 0 aliphatic heterocycles. The van der Waals surface area contributed by atoms with Crippen molar-refractivity contribution in [3.05, 3.63) is 92.1 Å². The van der Waals surface area contributed by atoms with Crippen LogP contribution in [0.2, 0.25) is 0 Å². The van der Waals surface area contributed by atoms with E-state index in [1.54, 1.807) is 24.3 Å². The molecule has 0 atom stereocenters. The van der Waals surface area contributed by atoms with Crippen LogP contribution in [0.1, 0.15) is 21.5 Å². The molecule has 0 unspecified atom stereocenters. The maximum atomic E-state index is 12.4. The summed E-state index contributed by atoms with van der Waals surface area (Å²) < 4.78 is 7.55. The first-order chi connectivity index (χ1) is 13.9. The number of nitriles is 1. The number of benzene rings is 2. The number of ether oxygens (including phenoxy) is 1. The molecule has 2 aromatic carbocycles. The maximum Gasteiger partial charge on any atom is 0.333 e. The minimum Gasteiger partial charge on any atom is -0.439 e. The Morgan fingerprint density at radius 1 is 1.07 bits per heavy atom. The van der Waals surface area contributed by atoms with Gasteiger partial charge in [-0.3, -0.25) is 18.7 Å². The second-order valence-corrected chi connectivity index (χ2v) is 6.30. The number of rotatable bonds is 5. The Labute approximate surface area is 166 Å². The fraction of sp³-hybridized carbons (Fsp3) is 0.143. The quantitative estimate of drug-likeness (QED) is 0.713. The van der Waals surface area contributed by atoms with Crippen LogP contribution in [0, 0.1) is 11.3 Å². The van der Waals surface area contributed by atoms with Gasteiger partial charge < -0.3 is 10.1 Å². The van der Waals surface area contributed by atoms with Gasteiger partial charge >= 0.3 is 5.69 Å². The van der Waals surface area contributed by atoms with Crippen molar-refractivity contribution in [3.63, 3.8) is 0 Å². The van der Waals surface area contributed by atoms with Crippen LogP contribution < -0.4 is 21.3 Å². The molecule has 0 saturated carbocycles. The zero-order valence-electron chi connectivity index (χ0n) is 15.9. The highest BCUT2D eigenvalue weighted by Crippen LogP contribution is 2.22.